The average molecular weight is 393 g/mol. The van der Waals surface area contributed by atoms with Gasteiger partial charge in [-0.3, -0.25) is 0 Å². The van der Waals surface area contributed by atoms with Crippen molar-refractivity contribution in [2.45, 2.75) is 17.5 Å². The Balaban J connectivity index is 1.28. The molecule has 1 aromatic heterocycles. The molecule has 2 aromatic carbocycles. The zero-order valence-electron chi connectivity index (χ0n) is 14.4. The molecule has 0 bridgehead atoms. The van der Waals surface area contributed by atoms with Crippen molar-refractivity contribution in [3.63, 3.8) is 0 Å². The minimum Gasteiger partial charge on any atom is -0.449 e. The van der Waals surface area contributed by atoms with E-state index in [2.05, 4.69) is 50.8 Å². The number of aromatic nitrogens is 2. The van der Waals surface area contributed by atoms with E-state index >= 15 is 0 Å². The molecule has 2 aliphatic rings. The molecule has 0 amide bonds. The van der Waals surface area contributed by atoms with Gasteiger partial charge in [-0.25, -0.2) is 0 Å². The van der Waals surface area contributed by atoms with Crippen molar-refractivity contribution in [2.75, 3.05) is 11.1 Å². The Hall–Kier alpha value is -2.71. The standard InChI is InChI=1S/C19H15N5OS2/c1-11-7-8-14-13(9-11)16-17(20-14)25-15(21-22-16)10-26-19-24-23-18(27-19)12-5-3-2-4-6-12/h2-9,17,20H,10H2,1H3. The fourth-order valence-electron chi connectivity index (χ4n) is 2.96. The SMILES string of the molecule is Cc1ccc2c(c1)C1=NN=C(CSc3nnc(-c4ccccc4)s3)OC1N2. The van der Waals surface area contributed by atoms with Crippen LogP contribution in [0, 0.1) is 6.92 Å². The molecule has 0 saturated heterocycles. The molecule has 8 heteroatoms. The number of nitrogens with one attached hydrogen (secondary N) is 1. The molecule has 5 rings (SSSR count). The number of hydrogen-bond acceptors (Lipinski definition) is 8. The highest BCUT2D eigenvalue weighted by Gasteiger charge is 2.33. The number of hydrogen-bond donors (Lipinski definition) is 1. The lowest BCUT2D eigenvalue weighted by atomic mass is 10.1. The zero-order chi connectivity index (χ0) is 18.2. The van der Waals surface area contributed by atoms with E-state index in [1.165, 1.54) is 5.56 Å². The van der Waals surface area contributed by atoms with E-state index in [0.29, 0.717) is 11.7 Å². The number of thioether (sulfide) groups is 1. The van der Waals surface area contributed by atoms with Gasteiger partial charge in [0.1, 0.15) is 10.7 Å². The number of fused-ring (bicyclic) bond motifs is 3. The first-order valence-corrected chi connectivity index (χ1v) is 10.3. The first-order chi connectivity index (χ1) is 13.3. The van der Waals surface area contributed by atoms with Crippen LogP contribution in [0.25, 0.3) is 10.6 Å². The van der Waals surface area contributed by atoms with Crippen LogP contribution in [0.2, 0.25) is 0 Å². The molecule has 6 nitrogen and oxygen atoms in total. The van der Waals surface area contributed by atoms with Gasteiger partial charge in [-0.15, -0.1) is 20.4 Å². The normalized spacial score (nSPS) is 17.3. The van der Waals surface area contributed by atoms with Gasteiger partial charge in [-0.1, -0.05) is 65.1 Å². The molecule has 2 aliphatic heterocycles. The monoisotopic (exact) mass is 393 g/mol. The summed E-state index contributed by atoms with van der Waals surface area (Å²) in [6.45, 7) is 2.06. The molecule has 0 saturated carbocycles. The number of benzene rings is 2. The van der Waals surface area contributed by atoms with Crippen LogP contribution >= 0.6 is 23.1 Å². The summed E-state index contributed by atoms with van der Waals surface area (Å²) in [6, 6.07) is 16.3. The maximum absolute atomic E-state index is 5.99. The lowest BCUT2D eigenvalue weighted by molar-refractivity contribution is 0.276. The molecule has 1 N–H and O–H groups in total. The highest BCUT2D eigenvalue weighted by atomic mass is 32.2. The third-order valence-corrected chi connectivity index (χ3v) is 6.35. The topological polar surface area (TPSA) is 71.8 Å². The number of rotatable bonds is 4. The van der Waals surface area contributed by atoms with E-state index in [0.717, 1.165) is 31.9 Å². The maximum atomic E-state index is 5.99. The van der Waals surface area contributed by atoms with Crippen LogP contribution in [0.5, 0.6) is 0 Å². The Morgan fingerprint density at radius 1 is 1.11 bits per heavy atom. The Labute approximate surface area is 164 Å². The van der Waals surface area contributed by atoms with Crippen molar-refractivity contribution in [2.24, 2.45) is 10.2 Å². The molecular weight excluding hydrogens is 378 g/mol. The summed E-state index contributed by atoms with van der Waals surface area (Å²) in [4.78, 5) is 0. The second-order valence-electron chi connectivity index (χ2n) is 6.20. The predicted octanol–water partition coefficient (Wildman–Crippen LogP) is 4.19. The molecule has 0 spiro atoms. The fourth-order valence-corrected chi connectivity index (χ4v) is 4.66. The van der Waals surface area contributed by atoms with Crippen molar-refractivity contribution in [3.05, 3.63) is 59.7 Å². The number of anilines is 1. The van der Waals surface area contributed by atoms with Gasteiger partial charge in [0.2, 0.25) is 12.1 Å². The molecule has 27 heavy (non-hydrogen) atoms. The zero-order valence-corrected chi connectivity index (χ0v) is 16.0. The molecule has 1 unspecified atom stereocenters. The van der Waals surface area contributed by atoms with Gasteiger partial charge in [0.05, 0.1) is 5.75 Å². The van der Waals surface area contributed by atoms with Crippen LogP contribution in [-0.2, 0) is 4.74 Å². The average Bonchev–Trinajstić information content (AvgIpc) is 3.31. The number of ether oxygens (including phenoxy) is 1. The minimum atomic E-state index is -0.274. The molecule has 1 atom stereocenters. The van der Waals surface area contributed by atoms with Gasteiger partial charge in [0.25, 0.3) is 0 Å². The van der Waals surface area contributed by atoms with E-state index in [4.69, 9.17) is 4.74 Å². The summed E-state index contributed by atoms with van der Waals surface area (Å²) in [7, 11) is 0. The van der Waals surface area contributed by atoms with Gasteiger partial charge in [0.15, 0.2) is 4.34 Å². The minimum absolute atomic E-state index is 0.274. The van der Waals surface area contributed by atoms with Gasteiger partial charge in [0, 0.05) is 16.8 Å². The Bertz CT molecular complexity index is 1060. The summed E-state index contributed by atoms with van der Waals surface area (Å²) >= 11 is 3.12. The third-order valence-electron chi connectivity index (χ3n) is 4.26. The molecule has 3 aromatic rings. The van der Waals surface area contributed by atoms with E-state index in [1.54, 1.807) is 23.1 Å². The molecule has 0 aliphatic carbocycles. The maximum Gasteiger partial charge on any atom is 0.221 e. The highest BCUT2D eigenvalue weighted by Crippen LogP contribution is 2.32. The summed E-state index contributed by atoms with van der Waals surface area (Å²) < 4.78 is 6.87. The molecule has 3 heterocycles. The van der Waals surface area contributed by atoms with Crippen LogP contribution in [0.3, 0.4) is 0 Å². The van der Waals surface area contributed by atoms with Crippen LogP contribution in [-0.4, -0.2) is 33.8 Å². The Kier molecular flexibility index (Phi) is 4.14. The molecule has 0 radical (unpaired) electrons. The first-order valence-electron chi connectivity index (χ1n) is 8.46. The second kappa shape index (κ2) is 6.79. The van der Waals surface area contributed by atoms with Crippen LogP contribution in [0.1, 0.15) is 11.1 Å². The number of nitrogens with zero attached hydrogens (tertiary/aromatic N) is 4. The van der Waals surface area contributed by atoms with Gasteiger partial charge in [-0.05, 0) is 19.1 Å². The quantitative estimate of drug-likeness (QED) is 0.673. The molecular formula is C19H15N5OS2. The van der Waals surface area contributed by atoms with Crippen molar-refractivity contribution in [1.29, 1.82) is 0 Å². The smallest absolute Gasteiger partial charge is 0.221 e. The first kappa shape index (κ1) is 16.5. The van der Waals surface area contributed by atoms with E-state index < -0.39 is 0 Å². The molecule has 0 fully saturated rings. The van der Waals surface area contributed by atoms with Crippen LogP contribution < -0.4 is 5.32 Å². The summed E-state index contributed by atoms with van der Waals surface area (Å²) in [6.07, 6.45) is -0.274. The van der Waals surface area contributed by atoms with E-state index in [-0.39, 0.29) is 6.23 Å². The Morgan fingerprint density at radius 3 is 2.89 bits per heavy atom. The highest BCUT2D eigenvalue weighted by molar-refractivity contribution is 8.01. The fraction of sp³-hybridized carbons (Fsp3) is 0.158. The summed E-state index contributed by atoms with van der Waals surface area (Å²) in [5.74, 6) is 1.15. The lowest BCUT2D eigenvalue weighted by Crippen LogP contribution is -2.32. The second-order valence-corrected chi connectivity index (χ2v) is 8.40. The van der Waals surface area contributed by atoms with Crippen molar-refractivity contribution in [3.8, 4) is 10.6 Å². The predicted molar refractivity (Wildman–Crippen MR) is 110 cm³/mol. The van der Waals surface area contributed by atoms with Crippen molar-refractivity contribution >= 4 is 40.4 Å². The third kappa shape index (κ3) is 3.22. The summed E-state index contributed by atoms with van der Waals surface area (Å²) in [5, 5.41) is 21.4. The Morgan fingerprint density at radius 2 is 2.00 bits per heavy atom. The van der Waals surface area contributed by atoms with Crippen molar-refractivity contribution < 1.29 is 4.74 Å². The number of aryl methyl sites for hydroxylation is 1. The summed E-state index contributed by atoms with van der Waals surface area (Å²) in [5.41, 5.74) is 5.20. The van der Waals surface area contributed by atoms with E-state index in [9.17, 15) is 0 Å². The van der Waals surface area contributed by atoms with E-state index in [1.807, 2.05) is 30.3 Å². The van der Waals surface area contributed by atoms with Gasteiger partial charge in [-0.2, -0.15) is 0 Å². The van der Waals surface area contributed by atoms with Crippen LogP contribution in [0.15, 0.2) is 63.1 Å². The van der Waals surface area contributed by atoms with Crippen LogP contribution in [0.4, 0.5) is 5.69 Å². The van der Waals surface area contributed by atoms with Gasteiger partial charge >= 0.3 is 0 Å². The molecule has 134 valence electrons. The van der Waals surface area contributed by atoms with Crippen molar-refractivity contribution in [1.82, 2.24) is 10.2 Å². The lowest BCUT2D eigenvalue weighted by Gasteiger charge is -2.18. The van der Waals surface area contributed by atoms with Gasteiger partial charge < -0.3 is 10.1 Å². The largest absolute Gasteiger partial charge is 0.449 e.